The first-order valence-corrected chi connectivity index (χ1v) is 21.3. The summed E-state index contributed by atoms with van der Waals surface area (Å²) < 4.78 is 55.4. The summed E-state index contributed by atoms with van der Waals surface area (Å²) in [6.07, 6.45) is 1.89. The van der Waals surface area contributed by atoms with Crippen LogP contribution in [-0.4, -0.2) is 14.1 Å². The molecule has 1 aliphatic heterocycles. The van der Waals surface area contributed by atoms with Gasteiger partial charge in [-0.3, -0.25) is 4.57 Å². The molecule has 0 aliphatic carbocycles. The molecule has 5 heteroatoms. The summed E-state index contributed by atoms with van der Waals surface area (Å²) in [5.74, 6) is 2.23. The van der Waals surface area contributed by atoms with E-state index in [1.54, 1.807) is 0 Å². The van der Waals surface area contributed by atoms with E-state index in [0.29, 0.717) is 23.7 Å². The maximum absolute atomic E-state index is 9.14. The highest BCUT2D eigenvalue weighted by molar-refractivity contribution is 6.24. The van der Waals surface area contributed by atoms with Crippen molar-refractivity contribution in [1.82, 2.24) is 14.1 Å². The van der Waals surface area contributed by atoms with Crippen molar-refractivity contribution in [2.75, 3.05) is 4.90 Å². The van der Waals surface area contributed by atoms with Crippen molar-refractivity contribution in [1.29, 1.82) is 0 Å². The van der Waals surface area contributed by atoms with Gasteiger partial charge in [0, 0.05) is 45.6 Å². The number of anilines is 2. The molecule has 0 unspecified atom stereocenters. The van der Waals surface area contributed by atoms with E-state index in [0.717, 1.165) is 82.3 Å². The highest BCUT2D eigenvalue weighted by Crippen LogP contribution is 2.45. The van der Waals surface area contributed by atoms with Gasteiger partial charge in [0.15, 0.2) is 0 Å². The second-order valence-electron chi connectivity index (χ2n) is 17.2. The molecule has 0 fully saturated rings. The molecule has 0 spiro atoms. The third-order valence-corrected chi connectivity index (χ3v) is 12.5. The Morgan fingerprint density at radius 1 is 0.556 bits per heavy atom. The van der Waals surface area contributed by atoms with Crippen LogP contribution in [0.1, 0.15) is 33.2 Å². The number of aromatic nitrogens is 3. The molecule has 11 aromatic rings. The van der Waals surface area contributed by atoms with Crippen LogP contribution >= 0.6 is 0 Å². The van der Waals surface area contributed by atoms with Gasteiger partial charge in [-0.25, -0.2) is 4.98 Å². The number of hydrogen-bond acceptors (Lipinski definition) is 3. The molecule has 3 aromatic heterocycles. The molecule has 1 aliphatic rings. The second-order valence-corrected chi connectivity index (χ2v) is 17.2. The van der Waals surface area contributed by atoms with E-state index in [1.165, 1.54) is 5.56 Å². The Labute approximate surface area is 373 Å². The predicted octanol–water partition coefficient (Wildman–Crippen LogP) is 15.6. The fourth-order valence-corrected chi connectivity index (χ4v) is 9.61. The number of fused-ring (bicyclic) bond motifs is 10. The van der Waals surface area contributed by atoms with E-state index in [2.05, 4.69) is 150 Å². The van der Waals surface area contributed by atoms with E-state index in [1.807, 2.05) is 54.7 Å². The zero-order valence-corrected chi connectivity index (χ0v) is 35.1. The standard InChI is InChI=1S/C58H44N4O/c1-58(2,3)39-32-33-59-55(34-39)62-52-28-12-10-23-47(52)48-31-30-42(36-54(48)62)63-41-19-13-18-40(35-41)60-37-61-51-27-11-9-22-46(51)44-20-7-8-21-45(44)49-25-14-24-43(38-16-5-4-6-17-38)56(49)50-26-15-29-53(60)57(50)61/h4-36H,37H2,1-3H3/i4D,5D,6D,16D,17D. The minimum atomic E-state index is -0.420. The molecular weight excluding hydrogens is 769 g/mol. The van der Waals surface area contributed by atoms with E-state index in [9.17, 15) is 0 Å². The first-order valence-electron chi connectivity index (χ1n) is 23.8. The average Bonchev–Trinajstić information content (AvgIpc) is 3.92. The van der Waals surface area contributed by atoms with Gasteiger partial charge in [-0.15, -0.1) is 0 Å². The molecular formula is C58H44N4O. The molecule has 0 atom stereocenters. The Balaban J connectivity index is 1.05. The first kappa shape index (κ1) is 31.9. The topological polar surface area (TPSA) is 35.2 Å². The summed E-state index contributed by atoms with van der Waals surface area (Å²) >= 11 is 0. The van der Waals surface area contributed by atoms with Crippen LogP contribution in [0.2, 0.25) is 0 Å². The lowest BCUT2D eigenvalue weighted by Gasteiger charge is -2.20. The Morgan fingerprint density at radius 2 is 1.21 bits per heavy atom. The number of benzene rings is 8. The third-order valence-electron chi connectivity index (χ3n) is 12.5. The van der Waals surface area contributed by atoms with Gasteiger partial charge < -0.3 is 14.2 Å². The first-order chi connectivity index (χ1) is 33.0. The van der Waals surface area contributed by atoms with E-state index >= 15 is 0 Å². The number of pyridine rings is 1. The molecule has 0 N–H and O–H groups in total. The zero-order valence-electron chi connectivity index (χ0n) is 40.1. The quantitative estimate of drug-likeness (QED) is 0.174. The predicted molar refractivity (Wildman–Crippen MR) is 263 cm³/mol. The largest absolute Gasteiger partial charge is 0.457 e. The monoisotopic (exact) mass is 817 g/mol. The zero-order chi connectivity index (χ0) is 46.6. The van der Waals surface area contributed by atoms with E-state index in [4.69, 9.17) is 16.6 Å². The summed E-state index contributed by atoms with van der Waals surface area (Å²) in [5.41, 5.74) is 7.82. The summed E-state index contributed by atoms with van der Waals surface area (Å²) in [4.78, 5) is 7.16. The summed E-state index contributed by atoms with van der Waals surface area (Å²) in [5, 5.41) is 7.89. The van der Waals surface area contributed by atoms with Gasteiger partial charge >= 0.3 is 0 Å². The summed E-state index contributed by atoms with van der Waals surface area (Å²) in [6, 6.07) is 54.4. The van der Waals surface area contributed by atoms with Gasteiger partial charge in [0.05, 0.1) is 34.6 Å². The Morgan fingerprint density at radius 3 is 2.02 bits per heavy atom. The summed E-state index contributed by atoms with van der Waals surface area (Å²) in [6.45, 7) is 7.12. The van der Waals surface area contributed by atoms with Gasteiger partial charge in [0.25, 0.3) is 0 Å². The van der Waals surface area contributed by atoms with Crippen molar-refractivity contribution in [3.05, 3.63) is 206 Å². The van der Waals surface area contributed by atoms with Crippen molar-refractivity contribution in [2.24, 2.45) is 0 Å². The number of ether oxygens (including phenoxy) is 1. The normalized spacial score (nSPS) is 13.7. The molecule has 0 amide bonds. The fraction of sp³-hybridized carbons (Fsp3) is 0.0862. The third kappa shape index (κ3) is 6.03. The molecule has 8 aromatic carbocycles. The van der Waals surface area contributed by atoms with Crippen LogP contribution in [0.3, 0.4) is 0 Å². The smallest absolute Gasteiger partial charge is 0.137 e. The summed E-state index contributed by atoms with van der Waals surface area (Å²) in [7, 11) is 0. The molecule has 0 radical (unpaired) electrons. The Kier molecular flexibility index (Phi) is 7.27. The molecule has 0 bridgehead atoms. The lowest BCUT2D eigenvalue weighted by Crippen LogP contribution is -2.14. The van der Waals surface area contributed by atoms with Gasteiger partial charge in [0.1, 0.15) is 24.0 Å². The minimum Gasteiger partial charge on any atom is -0.457 e. The van der Waals surface area contributed by atoms with E-state index < -0.39 is 6.04 Å². The van der Waals surface area contributed by atoms with Crippen molar-refractivity contribution in [3.8, 4) is 28.4 Å². The minimum absolute atomic E-state index is 0.0456. The van der Waals surface area contributed by atoms with Crippen LogP contribution in [0.15, 0.2) is 200 Å². The number of hydrogen-bond donors (Lipinski definition) is 0. The second kappa shape index (κ2) is 14.4. The van der Waals surface area contributed by atoms with Gasteiger partial charge in [-0.2, -0.15) is 0 Å². The molecule has 63 heavy (non-hydrogen) atoms. The van der Waals surface area contributed by atoms with Crippen molar-refractivity contribution in [2.45, 2.75) is 32.9 Å². The molecule has 12 rings (SSSR count). The van der Waals surface area contributed by atoms with Crippen molar-refractivity contribution >= 4 is 76.5 Å². The average molecular weight is 818 g/mol. The van der Waals surface area contributed by atoms with Crippen LogP contribution in [0.5, 0.6) is 11.5 Å². The molecule has 5 nitrogen and oxygen atoms in total. The lowest BCUT2D eigenvalue weighted by molar-refractivity contribution is 0.483. The highest BCUT2D eigenvalue weighted by atomic mass is 16.5. The van der Waals surface area contributed by atoms with E-state index in [-0.39, 0.29) is 35.1 Å². The van der Waals surface area contributed by atoms with Crippen molar-refractivity contribution < 1.29 is 11.6 Å². The molecule has 302 valence electrons. The maximum atomic E-state index is 9.14. The van der Waals surface area contributed by atoms with Crippen LogP contribution in [0, 0.1) is 0 Å². The van der Waals surface area contributed by atoms with Gasteiger partial charge in [-0.1, -0.05) is 148 Å². The SMILES string of the molecule is [2H]c1c([2H])c([2H])c(-c2cccc3c4ccccc4c4ccccc4n4c5c(cccc5c23)N(c2cccc(Oc3ccc5c6ccccc6n(-c6cc(C(C)(C)C)ccn6)c5c3)c2)C4)c([2H])c1[2H]. The fourth-order valence-electron chi connectivity index (χ4n) is 9.61. The Bertz CT molecular complexity index is 3970. The number of para-hydroxylation sites is 3. The van der Waals surface area contributed by atoms with Crippen LogP contribution in [-0.2, 0) is 12.1 Å². The lowest BCUT2D eigenvalue weighted by atomic mass is 9.88. The molecule has 0 saturated heterocycles. The Hall–Kier alpha value is -7.89. The van der Waals surface area contributed by atoms with Crippen LogP contribution in [0.4, 0.5) is 11.4 Å². The van der Waals surface area contributed by atoms with Gasteiger partial charge in [0.2, 0.25) is 0 Å². The molecule has 0 saturated carbocycles. The number of rotatable bonds is 5. The van der Waals surface area contributed by atoms with Crippen LogP contribution in [0.25, 0.3) is 82.1 Å². The van der Waals surface area contributed by atoms with Crippen molar-refractivity contribution in [3.63, 3.8) is 0 Å². The highest BCUT2D eigenvalue weighted by Gasteiger charge is 2.25. The van der Waals surface area contributed by atoms with Gasteiger partial charge in [-0.05, 0) is 98.2 Å². The number of nitrogens with zero attached hydrogens (tertiary/aromatic N) is 4. The molecule has 4 heterocycles. The maximum Gasteiger partial charge on any atom is 0.137 e. The van der Waals surface area contributed by atoms with Crippen LogP contribution < -0.4 is 9.64 Å².